The fraction of sp³-hybridized carbons (Fsp3) is 0.500. The first-order valence-electron chi connectivity index (χ1n) is 6.38. The second kappa shape index (κ2) is 7.68. The number of rotatable bonds is 8. The van der Waals surface area contributed by atoms with E-state index < -0.39 is 20.0 Å². The molecule has 0 spiro atoms. The van der Waals surface area contributed by atoms with Gasteiger partial charge in [0.2, 0.25) is 20.0 Å². The lowest BCUT2D eigenvalue weighted by Crippen LogP contribution is -2.33. The molecule has 0 amide bonds. The van der Waals surface area contributed by atoms with Crippen LogP contribution in [-0.2, 0) is 20.0 Å². The highest BCUT2D eigenvalue weighted by Gasteiger charge is 2.17. The Hall–Kier alpha value is -0.480. The molecule has 0 radical (unpaired) electrons. The van der Waals surface area contributed by atoms with Gasteiger partial charge in [-0.05, 0) is 34.5 Å². The largest absolute Gasteiger partial charge is 0.241 e. The van der Waals surface area contributed by atoms with Crippen molar-refractivity contribution in [1.82, 2.24) is 9.03 Å². The van der Waals surface area contributed by atoms with E-state index >= 15 is 0 Å². The van der Waals surface area contributed by atoms with Crippen molar-refractivity contribution in [3.8, 4) is 0 Å². The Bertz CT molecular complexity index is 674. The molecule has 6 nitrogen and oxygen atoms in total. The summed E-state index contributed by atoms with van der Waals surface area (Å²) in [6.45, 7) is 2.58. The maximum Gasteiger partial charge on any atom is 0.241 e. The minimum atomic E-state index is -3.60. The monoisotopic (exact) mass is 398 g/mol. The van der Waals surface area contributed by atoms with Gasteiger partial charge in [-0.1, -0.05) is 19.1 Å². The summed E-state index contributed by atoms with van der Waals surface area (Å²) in [4.78, 5) is 0.167. The number of halogens is 1. The van der Waals surface area contributed by atoms with Gasteiger partial charge in [-0.3, -0.25) is 0 Å². The van der Waals surface area contributed by atoms with Crippen molar-refractivity contribution >= 4 is 36.0 Å². The average molecular weight is 399 g/mol. The summed E-state index contributed by atoms with van der Waals surface area (Å²) in [6.07, 6.45) is 1.55. The van der Waals surface area contributed by atoms with Gasteiger partial charge in [-0.25, -0.2) is 25.9 Å². The highest BCUT2D eigenvalue weighted by atomic mass is 79.9. The van der Waals surface area contributed by atoms with E-state index in [0.717, 1.165) is 6.26 Å². The molecule has 0 aliphatic carbocycles. The lowest BCUT2D eigenvalue weighted by atomic mass is 10.4. The highest BCUT2D eigenvalue weighted by molar-refractivity contribution is 9.10. The SMILES string of the molecule is CCN(CCCNS(=O)(=O)c1ccccc1Br)S(C)(=O)=O. The molecular weight excluding hydrogens is 380 g/mol. The van der Waals surface area contributed by atoms with Crippen molar-refractivity contribution in [3.63, 3.8) is 0 Å². The molecule has 0 aliphatic rings. The van der Waals surface area contributed by atoms with E-state index in [1.807, 2.05) is 0 Å². The molecule has 0 aliphatic heterocycles. The van der Waals surface area contributed by atoms with E-state index in [1.54, 1.807) is 25.1 Å². The Kier molecular flexibility index (Phi) is 6.79. The standard InChI is InChI=1S/C12H19BrN2O4S2/c1-3-15(20(2,16)17)10-6-9-14-21(18,19)12-8-5-4-7-11(12)13/h4-5,7-8,14H,3,6,9-10H2,1-2H3. The van der Waals surface area contributed by atoms with Crippen LogP contribution in [0.4, 0.5) is 0 Å². The zero-order chi connectivity index (χ0) is 16.1. The molecule has 1 aromatic carbocycles. The molecule has 120 valence electrons. The van der Waals surface area contributed by atoms with Crippen molar-refractivity contribution < 1.29 is 16.8 Å². The zero-order valence-electron chi connectivity index (χ0n) is 11.9. The molecular formula is C12H19BrN2O4S2. The summed E-state index contributed by atoms with van der Waals surface area (Å²) in [6, 6.07) is 6.52. The van der Waals surface area contributed by atoms with E-state index in [2.05, 4.69) is 20.7 Å². The average Bonchev–Trinajstić information content (AvgIpc) is 2.37. The first kappa shape index (κ1) is 18.6. The van der Waals surface area contributed by atoms with Crippen LogP contribution >= 0.6 is 15.9 Å². The van der Waals surface area contributed by atoms with E-state index in [-0.39, 0.29) is 18.0 Å². The van der Waals surface area contributed by atoms with Crippen molar-refractivity contribution in [2.75, 3.05) is 25.9 Å². The van der Waals surface area contributed by atoms with E-state index in [1.165, 1.54) is 10.4 Å². The predicted molar refractivity (Wildman–Crippen MR) is 86.0 cm³/mol. The Morgan fingerprint density at radius 1 is 1.19 bits per heavy atom. The van der Waals surface area contributed by atoms with Crippen LogP contribution in [0.1, 0.15) is 13.3 Å². The number of nitrogens with one attached hydrogen (secondary N) is 1. The van der Waals surface area contributed by atoms with Crippen LogP contribution in [0, 0.1) is 0 Å². The topological polar surface area (TPSA) is 83.6 Å². The number of benzene rings is 1. The van der Waals surface area contributed by atoms with Gasteiger partial charge in [0.1, 0.15) is 0 Å². The van der Waals surface area contributed by atoms with Crippen LogP contribution in [0.5, 0.6) is 0 Å². The number of sulfonamides is 2. The molecule has 0 unspecified atom stereocenters. The first-order valence-corrected chi connectivity index (χ1v) is 10.5. The zero-order valence-corrected chi connectivity index (χ0v) is 15.1. The molecule has 0 saturated heterocycles. The van der Waals surface area contributed by atoms with Crippen molar-refractivity contribution in [2.45, 2.75) is 18.2 Å². The van der Waals surface area contributed by atoms with Gasteiger partial charge in [0.15, 0.2) is 0 Å². The minimum absolute atomic E-state index is 0.167. The molecule has 0 bridgehead atoms. The van der Waals surface area contributed by atoms with Gasteiger partial charge in [0.05, 0.1) is 11.2 Å². The molecule has 0 saturated carbocycles. The van der Waals surface area contributed by atoms with Crippen LogP contribution in [0.2, 0.25) is 0 Å². The fourth-order valence-corrected chi connectivity index (χ4v) is 4.77. The number of nitrogens with zero attached hydrogens (tertiary/aromatic N) is 1. The van der Waals surface area contributed by atoms with Crippen molar-refractivity contribution in [3.05, 3.63) is 28.7 Å². The second-order valence-corrected chi connectivity index (χ2v) is 9.01. The van der Waals surface area contributed by atoms with Gasteiger partial charge in [0, 0.05) is 24.1 Å². The number of hydrogen-bond acceptors (Lipinski definition) is 4. The third-order valence-electron chi connectivity index (χ3n) is 2.82. The molecule has 1 rings (SSSR count). The Morgan fingerprint density at radius 2 is 1.81 bits per heavy atom. The number of hydrogen-bond donors (Lipinski definition) is 1. The molecule has 0 heterocycles. The Balaban J connectivity index is 2.58. The Morgan fingerprint density at radius 3 is 2.33 bits per heavy atom. The summed E-state index contributed by atoms with van der Waals surface area (Å²) < 4.78 is 51.2. The van der Waals surface area contributed by atoms with Gasteiger partial charge in [0.25, 0.3) is 0 Å². The van der Waals surface area contributed by atoms with Crippen LogP contribution < -0.4 is 4.72 Å². The molecule has 1 N–H and O–H groups in total. The van der Waals surface area contributed by atoms with Crippen LogP contribution in [0.15, 0.2) is 33.6 Å². The molecule has 21 heavy (non-hydrogen) atoms. The third-order valence-corrected chi connectivity index (χ3v) is 6.68. The Labute approximate surface area is 134 Å². The normalized spacial score (nSPS) is 12.8. The quantitative estimate of drug-likeness (QED) is 0.670. The second-order valence-electron chi connectivity index (χ2n) is 4.44. The first-order chi connectivity index (χ1) is 9.68. The van der Waals surface area contributed by atoms with Crippen LogP contribution in [0.3, 0.4) is 0 Å². The molecule has 0 fully saturated rings. The van der Waals surface area contributed by atoms with E-state index in [0.29, 0.717) is 17.4 Å². The van der Waals surface area contributed by atoms with Gasteiger partial charge in [-0.15, -0.1) is 0 Å². The summed E-state index contributed by atoms with van der Waals surface area (Å²) in [5, 5.41) is 0. The lowest BCUT2D eigenvalue weighted by Gasteiger charge is -2.17. The third kappa shape index (κ3) is 5.67. The van der Waals surface area contributed by atoms with Gasteiger partial charge >= 0.3 is 0 Å². The highest BCUT2D eigenvalue weighted by Crippen LogP contribution is 2.20. The summed E-state index contributed by atoms with van der Waals surface area (Å²) >= 11 is 3.19. The van der Waals surface area contributed by atoms with Crippen molar-refractivity contribution in [2.24, 2.45) is 0 Å². The fourth-order valence-electron chi connectivity index (χ4n) is 1.76. The smallest absolute Gasteiger partial charge is 0.213 e. The van der Waals surface area contributed by atoms with Crippen molar-refractivity contribution in [1.29, 1.82) is 0 Å². The summed E-state index contributed by atoms with van der Waals surface area (Å²) in [5.41, 5.74) is 0. The lowest BCUT2D eigenvalue weighted by molar-refractivity contribution is 0.424. The van der Waals surface area contributed by atoms with E-state index in [4.69, 9.17) is 0 Å². The molecule has 0 atom stereocenters. The maximum absolute atomic E-state index is 12.1. The summed E-state index contributed by atoms with van der Waals surface area (Å²) in [5.74, 6) is 0. The summed E-state index contributed by atoms with van der Waals surface area (Å²) in [7, 11) is -6.84. The minimum Gasteiger partial charge on any atom is -0.213 e. The predicted octanol–water partition coefficient (Wildman–Crippen LogP) is 1.40. The van der Waals surface area contributed by atoms with Gasteiger partial charge < -0.3 is 0 Å². The molecule has 0 aromatic heterocycles. The van der Waals surface area contributed by atoms with E-state index in [9.17, 15) is 16.8 Å². The van der Waals surface area contributed by atoms with Gasteiger partial charge in [-0.2, -0.15) is 0 Å². The molecule has 1 aromatic rings. The van der Waals surface area contributed by atoms with Crippen LogP contribution in [-0.4, -0.2) is 47.0 Å². The molecule has 9 heteroatoms. The van der Waals surface area contributed by atoms with Crippen LogP contribution in [0.25, 0.3) is 0 Å². The maximum atomic E-state index is 12.1.